The molecule has 21 heavy (non-hydrogen) atoms. The van der Waals surface area contributed by atoms with Crippen LogP contribution in [0, 0.1) is 0 Å². The molecule has 12 heteroatoms. The number of aliphatic carboxylic acids is 3. The summed E-state index contributed by atoms with van der Waals surface area (Å²) in [5.41, 5.74) is -2.97. The standard InChI is InChI=1S/C6H8O7.C3H5ClO.3Na/c7-3(8)1-6(13,5(11)12)2-4(9)10;4-1-3-2-5-3;;;/h13H,1-2H2,(H,7,8)(H,9,10)(H,11,12);3H,1-2H2;;;/q;;3*+1/p-3. The van der Waals surface area contributed by atoms with E-state index in [0.29, 0.717) is 12.0 Å². The van der Waals surface area contributed by atoms with Crippen molar-refractivity contribution < 1.29 is 128 Å². The first-order valence-corrected chi connectivity index (χ1v) is 5.26. The molecular formula is C9H10ClNa3O8. The van der Waals surface area contributed by atoms with Gasteiger partial charge in [-0.15, -0.1) is 11.6 Å². The van der Waals surface area contributed by atoms with Crippen LogP contribution in [0.25, 0.3) is 0 Å². The third kappa shape index (κ3) is 16.3. The Morgan fingerprint density at radius 1 is 1.10 bits per heavy atom. The molecule has 104 valence electrons. The molecule has 1 heterocycles. The van der Waals surface area contributed by atoms with E-state index < -0.39 is 36.4 Å². The first kappa shape index (κ1) is 30.5. The summed E-state index contributed by atoms with van der Waals surface area (Å²) in [6, 6.07) is 0. The number of epoxide rings is 1. The van der Waals surface area contributed by atoms with Gasteiger partial charge in [0.2, 0.25) is 0 Å². The summed E-state index contributed by atoms with van der Waals surface area (Å²) in [5.74, 6) is -5.32. The average molecular weight is 351 g/mol. The van der Waals surface area contributed by atoms with Gasteiger partial charge in [-0.3, -0.25) is 0 Å². The predicted octanol–water partition coefficient (Wildman–Crippen LogP) is -13.6. The number of alkyl halides is 1. The molecule has 0 aromatic rings. The molecule has 1 aliphatic heterocycles. The number of carbonyl (C=O) groups is 3. The van der Waals surface area contributed by atoms with Gasteiger partial charge in [-0.25, -0.2) is 0 Å². The number of ether oxygens (including phenoxy) is 1. The largest absolute Gasteiger partial charge is 1.00 e. The number of halogens is 1. The predicted molar refractivity (Wildman–Crippen MR) is 49.7 cm³/mol. The fourth-order valence-corrected chi connectivity index (χ4v) is 1.02. The Labute approximate surface area is 192 Å². The molecule has 0 spiro atoms. The van der Waals surface area contributed by atoms with Crippen molar-refractivity contribution in [1.82, 2.24) is 0 Å². The summed E-state index contributed by atoms with van der Waals surface area (Å²) in [6.45, 7) is 0.878. The minimum Gasteiger partial charge on any atom is -0.550 e. The van der Waals surface area contributed by atoms with Crippen LogP contribution < -0.4 is 104 Å². The second-order valence-electron chi connectivity index (χ2n) is 3.53. The van der Waals surface area contributed by atoms with E-state index in [1.54, 1.807) is 0 Å². The normalized spacial score (nSPS) is 14.9. The van der Waals surface area contributed by atoms with Crippen LogP contribution in [0.2, 0.25) is 0 Å². The second-order valence-corrected chi connectivity index (χ2v) is 3.83. The Bertz CT molecular complexity index is 321. The Balaban J connectivity index is -0.000000154. The number of carboxylic acid groups (broad SMARTS) is 3. The van der Waals surface area contributed by atoms with Crippen molar-refractivity contribution in [3.05, 3.63) is 0 Å². The van der Waals surface area contributed by atoms with E-state index in [9.17, 15) is 29.7 Å². The van der Waals surface area contributed by atoms with Gasteiger partial charge in [-0.1, -0.05) is 0 Å². The number of aliphatic hydroxyl groups is 1. The van der Waals surface area contributed by atoms with Crippen LogP contribution in [0.15, 0.2) is 0 Å². The number of hydrogen-bond donors (Lipinski definition) is 1. The van der Waals surface area contributed by atoms with Gasteiger partial charge in [0.25, 0.3) is 0 Å². The molecular weight excluding hydrogens is 341 g/mol. The van der Waals surface area contributed by atoms with Gasteiger partial charge < -0.3 is 39.5 Å². The Kier molecular flexibility index (Phi) is 22.0. The molecule has 0 saturated carbocycles. The molecule has 1 atom stereocenters. The van der Waals surface area contributed by atoms with Crippen molar-refractivity contribution in [1.29, 1.82) is 0 Å². The summed E-state index contributed by atoms with van der Waals surface area (Å²) >= 11 is 5.27. The van der Waals surface area contributed by atoms with Crippen molar-refractivity contribution in [2.45, 2.75) is 24.5 Å². The van der Waals surface area contributed by atoms with Crippen LogP contribution in [-0.4, -0.2) is 47.2 Å². The van der Waals surface area contributed by atoms with E-state index in [-0.39, 0.29) is 88.7 Å². The van der Waals surface area contributed by atoms with E-state index >= 15 is 0 Å². The molecule has 1 saturated heterocycles. The first-order valence-electron chi connectivity index (χ1n) is 4.72. The molecule has 0 aromatic heterocycles. The Hall–Kier alpha value is 1.62. The van der Waals surface area contributed by atoms with E-state index in [1.807, 2.05) is 0 Å². The molecule has 0 bridgehead atoms. The maximum atomic E-state index is 10.1. The number of hydrogen-bond acceptors (Lipinski definition) is 8. The van der Waals surface area contributed by atoms with Crippen molar-refractivity contribution in [3.63, 3.8) is 0 Å². The topological polar surface area (TPSA) is 153 Å². The van der Waals surface area contributed by atoms with Crippen LogP contribution in [0.3, 0.4) is 0 Å². The minimum absolute atomic E-state index is 0. The van der Waals surface area contributed by atoms with Crippen molar-refractivity contribution in [3.8, 4) is 0 Å². The van der Waals surface area contributed by atoms with E-state index in [2.05, 4.69) is 0 Å². The maximum Gasteiger partial charge on any atom is 1.00 e. The maximum absolute atomic E-state index is 10.1. The molecule has 1 fully saturated rings. The van der Waals surface area contributed by atoms with Gasteiger partial charge >= 0.3 is 88.7 Å². The number of carboxylic acids is 3. The SMILES string of the molecule is ClCC1CO1.O=C([O-])CC(O)(CC(=O)[O-])C(=O)[O-].[Na+].[Na+].[Na+]. The van der Waals surface area contributed by atoms with Gasteiger partial charge in [-0.05, 0) is 0 Å². The summed E-state index contributed by atoms with van der Waals surface area (Å²) in [6.07, 6.45) is -2.32. The number of rotatable bonds is 6. The Morgan fingerprint density at radius 3 is 1.52 bits per heavy atom. The zero-order chi connectivity index (χ0) is 14.3. The van der Waals surface area contributed by atoms with Crippen molar-refractivity contribution in [2.75, 3.05) is 12.5 Å². The molecule has 0 aromatic carbocycles. The van der Waals surface area contributed by atoms with Gasteiger partial charge in [0.1, 0.15) is 5.60 Å². The van der Waals surface area contributed by atoms with E-state index in [1.165, 1.54) is 0 Å². The molecule has 1 unspecified atom stereocenters. The molecule has 0 radical (unpaired) electrons. The van der Waals surface area contributed by atoms with Crippen LogP contribution in [-0.2, 0) is 19.1 Å². The molecule has 1 aliphatic rings. The first-order chi connectivity index (χ1) is 8.21. The summed E-state index contributed by atoms with van der Waals surface area (Å²) in [5, 5.41) is 38.9. The van der Waals surface area contributed by atoms with Gasteiger partial charge in [0.15, 0.2) is 0 Å². The van der Waals surface area contributed by atoms with Crippen LogP contribution >= 0.6 is 11.6 Å². The second kappa shape index (κ2) is 15.2. The zero-order valence-corrected chi connectivity index (χ0v) is 18.8. The summed E-state index contributed by atoms with van der Waals surface area (Å²) < 4.78 is 4.73. The third-order valence-corrected chi connectivity index (χ3v) is 2.17. The Morgan fingerprint density at radius 2 is 1.43 bits per heavy atom. The minimum atomic E-state index is -2.97. The molecule has 1 N–H and O–H groups in total. The molecule has 1 rings (SSSR count). The van der Waals surface area contributed by atoms with Crippen LogP contribution in [0.1, 0.15) is 12.8 Å². The quantitative estimate of drug-likeness (QED) is 0.281. The van der Waals surface area contributed by atoms with Gasteiger partial charge in [0.05, 0.1) is 24.6 Å². The third-order valence-electron chi connectivity index (χ3n) is 1.83. The van der Waals surface area contributed by atoms with Crippen molar-refractivity contribution in [2.24, 2.45) is 0 Å². The number of carbonyl (C=O) groups excluding carboxylic acids is 3. The average Bonchev–Trinajstić information content (AvgIpc) is 2.98. The van der Waals surface area contributed by atoms with E-state index in [0.717, 1.165) is 6.61 Å². The fraction of sp³-hybridized carbons (Fsp3) is 0.667. The fourth-order valence-electron chi connectivity index (χ4n) is 0.842. The smallest absolute Gasteiger partial charge is 0.550 e. The van der Waals surface area contributed by atoms with Gasteiger partial charge in [-0.2, -0.15) is 0 Å². The summed E-state index contributed by atoms with van der Waals surface area (Å²) in [4.78, 5) is 30.0. The van der Waals surface area contributed by atoms with Crippen LogP contribution in [0.4, 0.5) is 0 Å². The molecule has 0 aliphatic carbocycles. The zero-order valence-electron chi connectivity index (χ0n) is 12.1. The van der Waals surface area contributed by atoms with Gasteiger partial charge in [0, 0.05) is 24.8 Å². The molecule has 0 amide bonds. The molecule has 8 nitrogen and oxygen atoms in total. The van der Waals surface area contributed by atoms with Crippen LogP contribution in [0.5, 0.6) is 0 Å². The monoisotopic (exact) mass is 350 g/mol. The van der Waals surface area contributed by atoms with Crippen molar-refractivity contribution >= 4 is 29.5 Å². The van der Waals surface area contributed by atoms with E-state index in [4.69, 9.17) is 21.4 Å². The summed E-state index contributed by atoms with van der Waals surface area (Å²) in [7, 11) is 0.